The van der Waals surface area contributed by atoms with Crippen molar-refractivity contribution in [3.8, 4) is 0 Å². The number of allylic oxidation sites excluding steroid dienone is 4. The van der Waals surface area contributed by atoms with Crippen molar-refractivity contribution in [3.05, 3.63) is 129 Å². The van der Waals surface area contributed by atoms with Gasteiger partial charge in [0.2, 0.25) is 0 Å². The van der Waals surface area contributed by atoms with Gasteiger partial charge in [-0.1, -0.05) is 35.4 Å². The third-order valence-corrected chi connectivity index (χ3v) is 15.9. The maximum absolute atomic E-state index is 16.2. The molecule has 2 aromatic heterocycles. The zero-order valence-corrected chi connectivity index (χ0v) is 32.6. The van der Waals surface area contributed by atoms with E-state index in [1.807, 2.05) is 50.2 Å². The molecule has 4 heterocycles. The summed E-state index contributed by atoms with van der Waals surface area (Å²) in [5, 5.41) is 4.03. The van der Waals surface area contributed by atoms with Crippen LogP contribution in [0.25, 0.3) is 53.4 Å². The lowest BCUT2D eigenvalue weighted by molar-refractivity contribution is -0.258. The summed E-state index contributed by atoms with van der Waals surface area (Å²) in [6.07, 6.45) is 2.96. The highest BCUT2D eigenvalue weighted by Gasteiger charge is 2.84. The van der Waals surface area contributed by atoms with Crippen molar-refractivity contribution >= 4 is 76.9 Å². The van der Waals surface area contributed by atoms with Gasteiger partial charge < -0.3 is 9.13 Å². The monoisotopic (exact) mass is 782 g/mol. The van der Waals surface area contributed by atoms with Crippen molar-refractivity contribution in [3.63, 3.8) is 0 Å². The molecule has 4 aromatic carbocycles. The highest BCUT2D eigenvalue weighted by molar-refractivity contribution is 8.14. The largest absolute Gasteiger partial charge is 0.380 e. The van der Waals surface area contributed by atoms with Crippen LogP contribution < -0.4 is 0 Å². The van der Waals surface area contributed by atoms with Crippen molar-refractivity contribution in [2.24, 2.45) is 0 Å². The Balaban J connectivity index is 1.17. The van der Waals surface area contributed by atoms with E-state index >= 15 is 26.3 Å². The van der Waals surface area contributed by atoms with Gasteiger partial charge in [-0.05, 0) is 124 Å². The van der Waals surface area contributed by atoms with Gasteiger partial charge in [0.15, 0.2) is 0 Å². The molecule has 55 heavy (non-hydrogen) atoms. The average molecular weight is 783 g/mol. The third kappa shape index (κ3) is 4.17. The van der Waals surface area contributed by atoms with Crippen LogP contribution in [0.4, 0.5) is 26.3 Å². The molecular formula is C45H36F6N2S2. The number of nitrogens with zero attached hydrogens (tertiary/aromatic N) is 2. The Morgan fingerprint density at radius 1 is 0.509 bits per heavy atom. The quantitative estimate of drug-likeness (QED) is 0.165. The lowest BCUT2D eigenvalue weighted by Gasteiger charge is -2.47. The van der Waals surface area contributed by atoms with Crippen molar-refractivity contribution in [1.82, 2.24) is 9.13 Å². The van der Waals surface area contributed by atoms with Crippen LogP contribution in [0.1, 0.15) is 49.9 Å². The van der Waals surface area contributed by atoms with Crippen LogP contribution in [0.5, 0.6) is 0 Å². The maximum atomic E-state index is 16.2. The number of benzene rings is 4. The molecular weight excluding hydrogens is 747 g/mol. The highest BCUT2D eigenvalue weighted by Crippen LogP contribution is 2.75. The Hall–Kier alpha value is -4.28. The molecule has 2 atom stereocenters. The third-order valence-electron chi connectivity index (χ3n) is 12.6. The summed E-state index contributed by atoms with van der Waals surface area (Å²) in [6.45, 7) is 13.2. The van der Waals surface area contributed by atoms with Crippen molar-refractivity contribution in [1.29, 1.82) is 0 Å². The first kappa shape index (κ1) is 35.2. The standard InChI is InChI=1S/C45H36F6N2S2/c1-7-52-33-13-9-23(3)17-27(33)29-19-25(11-15-35(29)52)37-21-31-39-40(44(48,49)45(50,51)43(39,46)47)32-22-38(55-42(32,6)41(31,5)54-37)26-12-16-36-30(20-26)28-18-24(4)10-14-34(28)53(36)8-2/h9-22H,7-8H2,1-6H3. The number of alkyl halides is 6. The Morgan fingerprint density at radius 3 is 1.22 bits per heavy atom. The Bertz CT molecular complexity index is 2690. The molecule has 1 saturated carbocycles. The molecule has 280 valence electrons. The number of rotatable bonds is 4. The molecule has 10 rings (SSSR count). The van der Waals surface area contributed by atoms with E-state index in [0.29, 0.717) is 20.9 Å². The fourth-order valence-electron chi connectivity index (χ4n) is 9.62. The van der Waals surface area contributed by atoms with Crippen molar-refractivity contribution in [2.45, 2.75) is 81.9 Å². The number of aryl methyl sites for hydroxylation is 4. The first-order chi connectivity index (χ1) is 26.0. The van der Waals surface area contributed by atoms with Gasteiger partial charge in [0.1, 0.15) is 0 Å². The van der Waals surface area contributed by atoms with Crippen molar-refractivity contribution in [2.75, 3.05) is 0 Å². The SMILES string of the molecule is CCn1c2ccc(C)cc2c2cc(C3=CC4=C5C(=C6C=C(c7ccc8c(c7)c7cc(C)ccc7n8CC)SC6(C)C4(C)S3)C(F)(F)C(F)(F)C5(F)F)ccc21. The van der Waals surface area contributed by atoms with E-state index in [0.717, 1.165) is 67.8 Å². The Morgan fingerprint density at radius 2 is 0.855 bits per heavy atom. The van der Waals surface area contributed by atoms with E-state index in [2.05, 4.69) is 59.4 Å². The first-order valence-electron chi connectivity index (χ1n) is 18.5. The molecule has 0 radical (unpaired) electrons. The molecule has 6 aromatic rings. The van der Waals surface area contributed by atoms with E-state index < -0.39 is 38.4 Å². The Kier molecular flexibility index (Phi) is 7.01. The van der Waals surface area contributed by atoms with E-state index in [1.165, 1.54) is 35.7 Å². The molecule has 4 aliphatic rings. The van der Waals surface area contributed by atoms with Crippen LogP contribution in [0.3, 0.4) is 0 Å². The second kappa shape index (κ2) is 11.0. The van der Waals surface area contributed by atoms with Gasteiger partial charge in [-0.25, -0.2) is 0 Å². The normalized spacial score (nSPS) is 25.0. The molecule has 0 saturated heterocycles. The second-order valence-electron chi connectivity index (χ2n) is 15.6. The summed E-state index contributed by atoms with van der Waals surface area (Å²) in [4.78, 5) is 1.15. The molecule has 2 unspecified atom stereocenters. The van der Waals surface area contributed by atoms with Crippen LogP contribution in [0.2, 0.25) is 0 Å². The van der Waals surface area contributed by atoms with Gasteiger partial charge in [-0.3, -0.25) is 0 Å². The number of hydrogen-bond donors (Lipinski definition) is 0. The van der Waals surface area contributed by atoms with Crippen LogP contribution in [-0.2, 0) is 13.1 Å². The summed E-state index contributed by atoms with van der Waals surface area (Å²) in [5.41, 5.74) is 4.94. The van der Waals surface area contributed by atoms with Crippen molar-refractivity contribution < 1.29 is 26.3 Å². The lowest BCUT2D eigenvalue weighted by Crippen LogP contribution is -2.48. The summed E-state index contributed by atoms with van der Waals surface area (Å²) in [7, 11) is 0. The maximum Gasteiger partial charge on any atom is 0.380 e. The molecule has 0 bridgehead atoms. The van der Waals surface area contributed by atoms with Crippen LogP contribution >= 0.6 is 23.5 Å². The molecule has 2 aliphatic carbocycles. The van der Waals surface area contributed by atoms with Gasteiger partial charge >= 0.3 is 17.8 Å². The van der Waals surface area contributed by atoms with Crippen LogP contribution in [0.15, 0.2) is 107 Å². The number of thioether (sulfide) groups is 2. The minimum atomic E-state index is -5.61. The molecule has 0 N–H and O–H groups in total. The van der Waals surface area contributed by atoms with E-state index in [1.54, 1.807) is 13.8 Å². The van der Waals surface area contributed by atoms with E-state index in [9.17, 15) is 0 Å². The zero-order chi connectivity index (χ0) is 38.8. The highest BCUT2D eigenvalue weighted by atomic mass is 32.2. The fourth-order valence-corrected chi connectivity index (χ4v) is 12.7. The molecule has 1 fully saturated rings. The molecule has 2 aliphatic heterocycles. The smallest absolute Gasteiger partial charge is 0.341 e. The number of hydrogen-bond acceptors (Lipinski definition) is 2. The molecule has 2 nitrogen and oxygen atoms in total. The van der Waals surface area contributed by atoms with Crippen LogP contribution in [-0.4, -0.2) is 36.4 Å². The average Bonchev–Trinajstić information content (AvgIpc) is 3.89. The van der Waals surface area contributed by atoms with E-state index in [-0.39, 0.29) is 11.1 Å². The van der Waals surface area contributed by atoms with Gasteiger partial charge in [-0.2, -0.15) is 26.3 Å². The number of aromatic nitrogens is 2. The van der Waals surface area contributed by atoms with Gasteiger partial charge in [-0.15, -0.1) is 23.5 Å². The minimum absolute atomic E-state index is 0.165. The topological polar surface area (TPSA) is 9.86 Å². The Labute approximate surface area is 322 Å². The fraction of sp³-hybridized carbons (Fsp3) is 0.289. The summed E-state index contributed by atoms with van der Waals surface area (Å²) >= 11 is 2.59. The second-order valence-corrected chi connectivity index (χ2v) is 18.5. The van der Waals surface area contributed by atoms with E-state index in [4.69, 9.17) is 0 Å². The predicted octanol–water partition coefficient (Wildman–Crippen LogP) is 13.5. The first-order valence-corrected chi connectivity index (χ1v) is 20.1. The zero-order valence-electron chi connectivity index (χ0n) is 31.0. The number of halogens is 6. The minimum Gasteiger partial charge on any atom is -0.341 e. The van der Waals surface area contributed by atoms with Gasteiger partial charge in [0.25, 0.3) is 0 Å². The predicted molar refractivity (Wildman–Crippen MR) is 217 cm³/mol. The molecule has 10 heteroatoms. The summed E-state index contributed by atoms with van der Waals surface area (Å²) < 4.78 is 97.6. The molecule has 0 spiro atoms. The summed E-state index contributed by atoms with van der Waals surface area (Å²) in [5.74, 6) is -15.8. The number of fused-ring (bicyclic) bond motifs is 10. The summed E-state index contributed by atoms with van der Waals surface area (Å²) in [6, 6.07) is 24.3. The van der Waals surface area contributed by atoms with Gasteiger partial charge in [0.05, 0.1) is 9.49 Å². The van der Waals surface area contributed by atoms with Gasteiger partial charge in [0, 0.05) is 77.7 Å². The lowest BCUT2D eigenvalue weighted by atomic mass is 9.71. The van der Waals surface area contributed by atoms with Crippen LogP contribution in [0, 0.1) is 13.8 Å². The molecule has 0 amide bonds.